The van der Waals surface area contributed by atoms with Crippen molar-refractivity contribution in [3.63, 3.8) is 0 Å². The van der Waals surface area contributed by atoms with E-state index in [1.54, 1.807) is 0 Å². The van der Waals surface area contributed by atoms with Crippen LogP contribution in [0.4, 0.5) is 10.1 Å². The number of amides is 2. The second-order valence-corrected chi connectivity index (χ2v) is 4.34. The predicted octanol–water partition coefficient (Wildman–Crippen LogP) is 0.626. The van der Waals surface area contributed by atoms with Crippen molar-refractivity contribution in [3.8, 4) is 5.75 Å². The van der Waals surface area contributed by atoms with Crippen LogP contribution >= 0.6 is 0 Å². The van der Waals surface area contributed by atoms with Gasteiger partial charge in [0.2, 0.25) is 11.8 Å². The first-order valence-electron chi connectivity index (χ1n) is 6.15. The molecule has 0 bridgehead atoms. The number of anilines is 1. The van der Waals surface area contributed by atoms with Crippen LogP contribution in [0, 0.1) is 5.82 Å². The normalized spacial score (nSPS) is 10.2. The Morgan fingerprint density at radius 1 is 1.35 bits per heavy atom. The third kappa shape index (κ3) is 5.23. The molecule has 4 N–H and O–H groups in total. The molecule has 0 aromatic heterocycles. The molecule has 2 amide bonds. The number of carbonyl (C=O) groups excluding carboxylic acids is 2. The van der Waals surface area contributed by atoms with Gasteiger partial charge in [-0.05, 0) is 26.0 Å². The molecule has 110 valence electrons. The molecule has 0 atom stereocenters. The Hall–Kier alpha value is -2.15. The number of nitrogens with two attached hydrogens (primary N) is 1. The maximum Gasteiger partial charge on any atom is 0.243 e. The second kappa shape index (κ2) is 7.44. The summed E-state index contributed by atoms with van der Waals surface area (Å²) in [5.41, 5.74) is 5.31. The lowest BCUT2D eigenvalue weighted by atomic mass is 10.2. The summed E-state index contributed by atoms with van der Waals surface area (Å²) in [5, 5.41) is 4.79. The molecule has 0 aliphatic heterocycles. The van der Waals surface area contributed by atoms with Crippen LogP contribution in [-0.4, -0.2) is 31.0 Å². The highest BCUT2D eigenvalue weighted by Crippen LogP contribution is 2.26. The molecule has 0 saturated carbocycles. The van der Waals surface area contributed by atoms with Crippen molar-refractivity contribution in [1.29, 1.82) is 0 Å². The fourth-order valence-corrected chi connectivity index (χ4v) is 1.40. The molecule has 1 rings (SSSR count). The van der Waals surface area contributed by atoms with E-state index in [4.69, 9.17) is 10.5 Å². The highest BCUT2D eigenvalue weighted by molar-refractivity contribution is 5.95. The Morgan fingerprint density at radius 2 is 2.05 bits per heavy atom. The third-order valence-electron chi connectivity index (χ3n) is 2.21. The number of hydrogen-bond acceptors (Lipinski definition) is 4. The zero-order chi connectivity index (χ0) is 15.1. The summed E-state index contributed by atoms with van der Waals surface area (Å²) in [6, 6.07) is 3.83. The van der Waals surface area contributed by atoms with Gasteiger partial charge in [0.05, 0.1) is 24.9 Å². The molecule has 0 aliphatic rings. The van der Waals surface area contributed by atoms with Gasteiger partial charge in [-0.1, -0.05) is 0 Å². The molecule has 7 heteroatoms. The van der Waals surface area contributed by atoms with Crippen LogP contribution in [0.25, 0.3) is 0 Å². The lowest BCUT2D eigenvalue weighted by molar-refractivity contribution is -0.123. The maximum absolute atomic E-state index is 13.2. The second-order valence-electron chi connectivity index (χ2n) is 4.34. The van der Waals surface area contributed by atoms with Crippen LogP contribution in [0.1, 0.15) is 13.8 Å². The highest BCUT2D eigenvalue weighted by atomic mass is 19.1. The van der Waals surface area contributed by atoms with Crippen molar-refractivity contribution in [2.75, 3.05) is 18.4 Å². The van der Waals surface area contributed by atoms with Gasteiger partial charge in [0.1, 0.15) is 11.6 Å². The monoisotopic (exact) mass is 283 g/mol. The van der Waals surface area contributed by atoms with Crippen LogP contribution in [0.5, 0.6) is 5.75 Å². The molecular weight excluding hydrogens is 265 g/mol. The molecule has 0 spiro atoms. The van der Waals surface area contributed by atoms with Gasteiger partial charge in [0.25, 0.3) is 0 Å². The molecule has 0 fully saturated rings. The van der Waals surface area contributed by atoms with E-state index in [9.17, 15) is 14.0 Å². The third-order valence-corrected chi connectivity index (χ3v) is 2.21. The van der Waals surface area contributed by atoms with Crippen LogP contribution in [0.2, 0.25) is 0 Å². The summed E-state index contributed by atoms with van der Waals surface area (Å²) in [7, 11) is 0. The Labute approximate surface area is 116 Å². The molecule has 0 heterocycles. The fraction of sp³-hybridized carbons (Fsp3) is 0.385. The van der Waals surface area contributed by atoms with E-state index in [1.807, 2.05) is 13.8 Å². The Morgan fingerprint density at radius 3 is 2.65 bits per heavy atom. The minimum atomic E-state index is -0.498. The van der Waals surface area contributed by atoms with Crippen molar-refractivity contribution in [1.82, 2.24) is 5.32 Å². The number of hydrogen-bond donors (Lipinski definition) is 3. The van der Waals surface area contributed by atoms with Gasteiger partial charge >= 0.3 is 0 Å². The van der Waals surface area contributed by atoms with Crippen molar-refractivity contribution in [2.24, 2.45) is 5.73 Å². The number of rotatable bonds is 6. The van der Waals surface area contributed by atoms with Gasteiger partial charge in [0.15, 0.2) is 0 Å². The standard InChI is InChI=1S/C13H18FN3O3/c1-8(2)20-11-4-3-9(14)5-10(11)17-13(19)7-16-12(18)6-15/h3-5,8H,6-7,15H2,1-2H3,(H,16,18)(H,17,19). The summed E-state index contributed by atoms with van der Waals surface area (Å²) in [4.78, 5) is 22.6. The molecule has 0 saturated heterocycles. The van der Waals surface area contributed by atoms with Crippen LogP contribution in [0.3, 0.4) is 0 Å². The number of benzene rings is 1. The summed E-state index contributed by atoms with van der Waals surface area (Å²) >= 11 is 0. The fourth-order valence-electron chi connectivity index (χ4n) is 1.40. The lowest BCUT2D eigenvalue weighted by Gasteiger charge is -2.15. The number of halogens is 1. The highest BCUT2D eigenvalue weighted by Gasteiger charge is 2.11. The van der Waals surface area contributed by atoms with E-state index < -0.39 is 17.6 Å². The van der Waals surface area contributed by atoms with Crippen molar-refractivity contribution >= 4 is 17.5 Å². The zero-order valence-corrected chi connectivity index (χ0v) is 11.4. The van der Waals surface area contributed by atoms with Crippen LogP contribution in [-0.2, 0) is 9.59 Å². The van der Waals surface area contributed by atoms with E-state index in [-0.39, 0.29) is 24.9 Å². The predicted molar refractivity (Wildman–Crippen MR) is 72.9 cm³/mol. The molecule has 0 unspecified atom stereocenters. The summed E-state index contributed by atoms with van der Waals surface area (Å²) in [6.07, 6.45) is -0.118. The Balaban J connectivity index is 2.72. The molecule has 0 aliphatic carbocycles. The minimum Gasteiger partial charge on any atom is -0.489 e. The Bertz CT molecular complexity index is 492. The van der Waals surface area contributed by atoms with E-state index in [1.165, 1.54) is 12.1 Å². The van der Waals surface area contributed by atoms with E-state index in [2.05, 4.69) is 10.6 Å². The number of nitrogens with one attached hydrogen (secondary N) is 2. The van der Waals surface area contributed by atoms with Gasteiger partial charge in [-0.3, -0.25) is 9.59 Å². The van der Waals surface area contributed by atoms with Crippen molar-refractivity contribution in [3.05, 3.63) is 24.0 Å². The summed E-state index contributed by atoms with van der Waals surface area (Å²) in [6.45, 7) is 3.19. The smallest absolute Gasteiger partial charge is 0.243 e. The van der Waals surface area contributed by atoms with E-state index >= 15 is 0 Å². The SMILES string of the molecule is CC(C)Oc1ccc(F)cc1NC(=O)CNC(=O)CN. The quantitative estimate of drug-likeness (QED) is 0.713. The number of carbonyl (C=O) groups is 2. The molecule has 0 radical (unpaired) electrons. The zero-order valence-electron chi connectivity index (χ0n) is 11.4. The van der Waals surface area contributed by atoms with Gasteiger partial charge in [0, 0.05) is 6.07 Å². The first-order valence-corrected chi connectivity index (χ1v) is 6.15. The summed E-state index contributed by atoms with van der Waals surface area (Å²) < 4.78 is 18.7. The van der Waals surface area contributed by atoms with Crippen LogP contribution in [0.15, 0.2) is 18.2 Å². The van der Waals surface area contributed by atoms with Crippen LogP contribution < -0.4 is 21.1 Å². The van der Waals surface area contributed by atoms with Crippen molar-refractivity contribution < 1.29 is 18.7 Å². The van der Waals surface area contributed by atoms with Crippen molar-refractivity contribution in [2.45, 2.75) is 20.0 Å². The van der Waals surface area contributed by atoms with Gasteiger partial charge in [-0.15, -0.1) is 0 Å². The number of ether oxygens (including phenoxy) is 1. The lowest BCUT2D eigenvalue weighted by Crippen LogP contribution is -2.36. The van der Waals surface area contributed by atoms with Gasteiger partial charge in [-0.25, -0.2) is 4.39 Å². The van der Waals surface area contributed by atoms with Gasteiger partial charge in [-0.2, -0.15) is 0 Å². The molecular formula is C13H18FN3O3. The van der Waals surface area contributed by atoms with E-state index in [0.717, 1.165) is 6.07 Å². The van der Waals surface area contributed by atoms with Gasteiger partial charge < -0.3 is 21.1 Å². The van der Waals surface area contributed by atoms with E-state index in [0.29, 0.717) is 5.75 Å². The first-order chi connectivity index (χ1) is 9.42. The Kier molecular flexibility index (Phi) is 5.92. The molecule has 1 aromatic rings. The first kappa shape index (κ1) is 15.9. The topological polar surface area (TPSA) is 93.5 Å². The average molecular weight is 283 g/mol. The molecule has 1 aromatic carbocycles. The largest absolute Gasteiger partial charge is 0.489 e. The average Bonchev–Trinajstić information content (AvgIpc) is 2.38. The molecule has 6 nitrogen and oxygen atoms in total. The summed E-state index contributed by atoms with van der Waals surface area (Å²) in [5.74, 6) is -1.08. The minimum absolute atomic E-state index is 0.118. The molecule has 20 heavy (non-hydrogen) atoms. The maximum atomic E-state index is 13.2.